The zero-order valence-corrected chi connectivity index (χ0v) is 8.24. The van der Waals surface area contributed by atoms with Crippen LogP contribution >= 0.6 is 0 Å². The lowest BCUT2D eigenvalue weighted by molar-refractivity contribution is 0.105. The standard InChI is InChI=1S/C12H12O2/c1-12(2,14)9-8-11(13)10-6-4-3-5-7-10/h3-7,14H,1-2H3. The zero-order chi connectivity index (χ0) is 10.6. The summed E-state index contributed by atoms with van der Waals surface area (Å²) in [4.78, 5) is 11.4. The number of ketones is 1. The van der Waals surface area contributed by atoms with Gasteiger partial charge in [-0.25, -0.2) is 0 Å². The van der Waals surface area contributed by atoms with E-state index in [0.717, 1.165) is 0 Å². The molecule has 0 heterocycles. The van der Waals surface area contributed by atoms with Crippen LogP contribution in [0.15, 0.2) is 30.3 Å². The van der Waals surface area contributed by atoms with Crippen LogP contribution in [0.4, 0.5) is 0 Å². The highest BCUT2D eigenvalue weighted by atomic mass is 16.3. The Hall–Kier alpha value is -1.59. The highest BCUT2D eigenvalue weighted by molar-refractivity contribution is 6.09. The number of carbonyl (C=O) groups excluding carboxylic acids is 1. The first-order chi connectivity index (χ1) is 6.49. The van der Waals surface area contributed by atoms with Crippen LogP contribution < -0.4 is 0 Å². The summed E-state index contributed by atoms with van der Waals surface area (Å²) in [6.07, 6.45) is 0. The summed E-state index contributed by atoms with van der Waals surface area (Å²) in [6.45, 7) is 3.08. The molecule has 0 aliphatic carbocycles. The van der Waals surface area contributed by atoms with E-state index in [1.807, 2.05) is 6.07 Å². The number of hydrogen-bond donors (Lipinski definition) is 1. The van der Waals surface area contributed by atoms with Crippen molar-refractivity contribution in [3.63, 3.8) is 0 Å². The minimum Gasteiger partial charge on any atom is -0.378 e. The third-order valence-electron chi connectivity index (χ3n) is 1.52. The van der Waals surface area contributed by atoms with Crippen molar-refractivity contribution in [2.75, 3.05) is 0 Å². The Morgan fingerprint density at radius 1 is 1.29 bits per heavy atom. The maximum absolute atomic E-state index is 11.4. The van der Waals surface area contributed by atoms with Gasteiger partial charge in [0.1, 0.15) is 5.60 Å². The highest BCUT2D eigenvalue weighted by Gasteiger charge is 2.07. The van der Waals surface area contributed by atoms with Gasteiger partial charge in [-0.3, -0.25) is 4.79 Å². The Labute approximate surface area is 83.6 Å². The van der Waals surface area contributed by atoms with E-state index in [2.05, 4.69) is 11.8 Å². The second-order valence-electron chi connectivity index (χ2n) is 3.50. The van der Waals surface area contributed by atoms with Gasteiger partial charge in [-0.1, -0.05) is 36.3 Å². The molecule has 0 spiro atoms. The van der Waals surface area contributed by atoms with Gasteiger partial charge >= 0.3 is 0 Å². The molecular weight excluding hydrogens is 176 g/mol. The van der Waals surface area contributed by atoms with Gasteiger partial charge in [-0.15, -0.1) is 0 Å². The summed E-state index contributed by atoms with van der Waals surface area (Å²) in [7, 11) is 0. The van der Waals surface area contributed by atoms with Crippen LogP contribution in [-0.2, 0) is 0 Å². The Balaban J connectivity index is 2.82. The van der Waals surface area contributed by atoms with E-state index >= 15 is 0 Å². The molecule has 0 atom stereocenters. The second kappa shape index (κ2) is 4.08. The van der Waals surface area contributed by atoms with Crippen molar-refractivity contribution < 1.29 is 9.90 Å². The fourth-order valence-electron chi connectivity index (χ4n) is 0.871. The Kier molecular flexibility index (Phi) is 3.06. The molecule has 1 aromatic carbocycles. The van der Waals surface area contributed by atoms with Crippen molar-refractivity contribution in [2.45, 2.75) is 19.4 Å². The van der Waals surface area contributed by atoms with Crippen LogP contribution in [0.25, 0.3) is 0 Å². The second-order valence-corrected chi connectivity index (χ2v) is 3.50. The summed E-state index contributed by atoms with van der Waals surface area (Å²) in [5.74, 6) is 4.61. The molecule has 72 valence electrons. The summed E-state index contributed by atoms with van der Waals surface area (Å²) in [6, 6.07) is 8.78. The van der Waals surface area contributed by atoms with Crippen LogP contribution in [0.3, 0.4) is 0 Å². The molecule has 0 aliphatic heterocycles. The van der Waals surface area contributed by atoms with E-state index in [-0.39, 0.29) is 5.78 Å². The van der Waals surface area contributed by atoms with Crippen molar-refractivity contribution in [1.29, 1.82) is 0 Å². The Morgan fingerprint density at radius 2 is 1.86 bits per heavy atom. The lowest BCUT2D eigenvalue weighted by Crippen LogP contribution is -2.15. The summed E-state index contributed by atoms with van der Waals surface area (Å²) in [5, 5.41) is 9.29. The molecule has 0 saturated carbocycles. The van der Waals surface area contributed by atoms with Crippen molar-refractivity contribution in [1.82, 2.24) is 0 Å². The van der Waals surface area contributed by atoms with Crippen molar-refractivity contribution in [2.24, 2.45) is 0 Å². The molecule has 2 heteroatoms. The third-order valence-corrected chi connectivity index (χ3v) is 1.52. The number of aliphatic hydroxyl groups is 1. The van der Waals surface area contributed by atoms with Crippen molar-refractivity contribution in [3.05, 3.63) is 35.9 Å². The monoisotopic (exact) mass is 188 g/mol. The number of rotatable bonds is 1. The van der Waals surface area contributed by atoms with Gasteiger partial charge in [0, 0.05) is 5.56 Å². The Bertz CT molecular complexity index is 374. The predicted octanol–water partition coefficient (Wildman–Crippen LogP) is 1.64. The molecule has 0 aromatic heterocycles. The first-order valence-corrected chi connectivity index (χ1v) is 4.34. The summed E-state index contributed by atoms with van der Waals surface area (Å²) >= 11 is 0. The molecule has 0 aliphatic rings. The molecule has 0 unspecified atom stereocenters. The lowest BCUT2D eigenvalue weighted by atomic mass is 10.1. The molecule has 1 rings (SSSR count). The van der Waals surface area contributed by atoms with Crippen molar-refractivity contribution >= 4 is 5.78 Å². The van der Waals surface area contributed by atoms with E-state index in [1.165, 1.54) is 13.8 Å². The van der Waals surface area contributed by atoms with E-state index in [1.54, 1.807) is 24.3 Å². The van der Waals surface area contributed by atoms with Gasteiger partial charge in [-0.05, 0) is 19.8 Å². The van der Waals surface area contributed by atoms with Crippen LogP contribution in [0.5, 0.6) is 0 Å². The van der Waals surface area contributed by atoms with Gasteiger partial charge < -0.3 is 5.11 Å². The largest absolute Gasteiger partial charge is 0.378 e. The molecule has 0 fully saturated rings. The first-order valence-electron chi connectivity index (χ1n) is 4.34. The normalized spacial score (nSPS) is 10.2. The molecule has 0 amide bonds. The summed E-state index contributed by atoms with van der Waals surface area (Å²) < 4.78 is 0. The maximum atomic E-state index is 11.4. The topological polar surface area (TPSA) is 37.3 Å². The molecule has 0 radical (unpaired) electrons. The highest BCUT2D eigenvalue weighted by Crippen LogP contribution is 2.01. The van der Waals surface area contributed by atoms with Gasteiger partial charge in [-0.2, -0.15) is 0 Å². The molecule has 1 N–H and O–H groups in total. The van der Waals surface area contributed by atoms with Crippen molar-refractivity contribution in [3.8, 4) is 11.8 Å². The molecule has 2 nitrogen and oxygen atoms in total. The minimum atomic E-state index is -1.12. The van der Waals surface area contributed by atoms with E-state index in [9.17, 15) is 9.90 Å². The SMILES string of the molecule is CC(C)(O)C#CC(=O)c1ccccc1. The van der Waals surface area contributed by atoms with Crippen LogP contribution in [0.2, 0.25) is 0 Å². The molecule has 0 bridgehead atoms. The Morgan fingerprint density at radius 3 is 2.36 bits per heavy atom. The summed E-state index contributed by atoms with van der Waals surface area (Å²) in [5.41, 5.74) is -0.575. The van der Waals surface area contributed by atoms with Gasteiger partial charge in [0.25, 0.3) is 0 Å². The van der Waals surface area contributed by atoms with E-state index in [0.29, 0.717) is 5.56 Å². The number of carbonyl (C=O) groups is 1. The van der Waals surface area contributed by atoms with Crippen LogP contribution in [0, 0.1) is 11.8 Å². The van der Waals surface area contributed by atoms with Gasteiger partial charge in [0.2, 0.25) is 5.78 Å². The first kappa shape index (κ1) is 10.5. The lowest BCUT2D eigenvalue weighted by Gasteiger charge is -2.05. The number of benzene rings is 1. The van der Waals surface area contributed by atoms with E-state index < -0.39 is 5.60 Å². The molecule has 0 saturated heterocycles. The average Bonchev–Trinajstić information content (AvgIpc) is 2.14. The fraction of sp³-hybridized carbons (Fsp3) is 0.250. The molecule has 1 aromatic rings. The molecule has 14 heavy (non-hydrogen) atoms. The fourth-order valence-corrected chi connectivity index (χ4v) is 0.871. The minimum absolute atomic E-state index is 0.271. The molecular formula is C12H12O2. The smallest absolute Gasteiger partial charge is 0.235 e. The average molecular weight is 188 g/mol. The van der Waals surface area contributed by atoms with Gasteiger partial charge in [0.05, 0.1) is 0 Å². The maximum Gasteiger partial charge on any atom is 0.235 e. The quantitative estimate of drug-likeness (QED) is 0.413. The number of hydrogen-bond acceptors (Lipinski definition) is 2. The third kappa shape index (κ3) is 3.42. The van der Waals surface area contributed by atoms with Crippen LogP contribution in [0.1, 0.15) is 24.2 Å². The zero-order valence-electron chi connectivity index (χ0n) is 8.24. The predicted molar refractivity (Wildman–Crippen MR) is 54.8 cm³/mol. The van der Waals surface area contributed by atoms with Gasteiger partial charge in [0.15, 0.2) is 0 Å². The van der Waals surface area contributed by atoms with Crippen LogP contribution in [-0.4, -0.2) is 16.5 Å². The number of Topliss-reactive ketones (excluding diaryl/α,β-unsaturated/α-hetero) is 1. The van der Waals surface area contributed by atoms with E-state index in [4.69, 9.17) is 0 Å².